The van der Waals surface area contributed by atoms with E-state index in [1.165, 1.54) is 5.56 Å². The summed E-state index contributed by atoms with van der Waals surface area (Å²) in [6, 6.07) is 16.3. The number of carbonyl (C=O) groups excluding carboxylic acids is 1. The molecule has 0 radical (unpaired) electrons. The van der Waals surface area contributed by atoms with E-state index in [0.717, 1.165) is 62.4 Å². The number of nitrogens with zero attached hydrogens (tertiary/aromatic N) is 2. The topological polar surface area (TPSA) is 58.8 Å². The van der Waals surface area contributed by atoms with E-state index in [1.807, 2.05) is 24.3 Å². The highest BCUT2D eigenvalue weighted by Gasteiger charge is 2.42. The van der Waals surface area contributed by atoms with Crippen molar-refractivity contribution in [1.82, 2.24) is 9.80 Å². The fraction of sp³-hybridized carbons (Fsp3) is 0.458. The maximum atomic E-state index is 13.1. The van der Waals surface area contributed by atoms with Crippen molar-refractivity contribution >= 4 is 5.91 Å². The van der Waals surface area contributed by atoms with Gasteiger partial charge in [-0.05, 0) is 42.5 Å². The molecule has 0 saturated carbocycles. The molecule has 0 bridgehead atoms. The summed E-state index contributed by atoms with van der Waals surface area (Å²) < 4.78 is 5.63. The molecule has 2 fully saturated rings. The van der Waals surface area contributed by atoms with Gasteiger partial charge < -0.3 is 20.3 Å². The average molecular weight is 392 g/mol. The Morgan fingerprint density at radius 1 is 1.03 bits per heavy atom. The van der Waals surface area contributed by atoms with Gasteiger partial charge in [0.05, 0.1) is 6.61 Å². The molecular weight excluding hydrogens is 362 g/mol. The number of rotatable bonds is 5. The fourth-order valence-corrected chi connectivity index (χ4v) is 5.22. The number of hydrogen-bond donors (Lipinski definition) is 1. The summed E-state index contributed by atoms with van der Waals surface area (Å²) in [6.07, 6.45) is 1.82. The van der Waals surface area contributed by atoms with Gasteiger partial charge in [-0.15, -0.1) is 0 Å². The maximum Gasteiger partial charge on any atom is 0.254 e. The monoisotopic (exact) mass is 391 g/mol. The van der Waals surface area contributed by atoms with Crippen molar-refractivity contribution < 1.29 is 9.53 Å². The zero-order chi connectivity index (χ0) is 19.8. The molecule has 5 nitrogen and oxygen atoms in total. The first-order chi connectivity index (χ1) is 14.2. The Morgan fingerprint density at radius 2 is 1.79 bits per heavy atom. The Morgan fingerprint density at radius 3 is 2.55 bits per heavy atom. The number of benzene rings is 2. The SMILES string of the molecule is N[C@@H](CCN1CC2CN(C(=O)c3cccc4c3CCO4)CC2C1)c1ccccc1. The third-order valence-corrected chi connectivity index (χ3v) is 6.81. The van der Waals surface area contributed by atoms with E-state index in [9.17, 15) is 4.79 Å². The highest BCUT2D eigenvalue weighted by molar-refractivity contribution is 5.96. The first-order valence-corrected chi connectivity index (χ1v) is 10.8. The summed E-state index contributed by atoms with van der Waals surface area (Å²) in [5, 5.41) is 0. The van der Waals surface area contributed by atoms with Gasteiger partial charge in [0.2, 0.25) is 0 Å². The van der Waals surface area contributed by atoms with Crippen LogP contribution in [0.4, 0.5) is 0 Å². The molecule has 3 atom stereocenters. The third-order valence-electron chi connectivity index (χ3n) is 6.81. The highest BCUT2D eigenvalue weighted by Crippen LogP contribution is 2.34. The Kier molecular flexibility index (Phi) is 5.02. The molecule has 2 aromatic carbocycles. The first-order valence-electron chi connectivity index (χ1n) is 10.8. The molecule has 29 heavy (non-hydrogen) atoms. The van der Waals surface area contributed by atoms with Crippen LogP contribution in [0.25, 0.3) is 0 Å². The largest absolute Gasteiger partial charge is 0.493 e. The summed E-state index contributed by atoms with van der Waals surface area (Å²) in [5.74, 6) is 2.23. The van der Waals surface area contributed by atoms with Gasteiger partial charge in [0, 0.05) is 49.8 Å². The minimum absolute atomic E-state index is 0.0945. The molecule has 3 heterocycles. The van der Waals surface area contributed by atoms with Crippen molar-refractivity contribution in [3.63, 3.8) is 0 Å². The van der Waals surface area contributed by atoms with Gasteiger partial charge in [-0.1, -0.05) is 36.4 Å². The van der Waals surface area contributed by atoms with Crippen molar-refractivity contribution in [2.75, 3.05) is 39.3 Å². The van der Waals surface area contributed by atoms with Crippen molar-refractivity contribution in [2.24, 2.45) is 17.6 Å². The molecule has 0 spiro atoms. The highest BCUT2D eigenvalue weighted by atomic mass is 16.5. The van der Waals surface area contributed by atoms with Gasteiger partial charge in [-0.25, -0.2) is 0 Å². The third kappa shape index (κ3) is 3.65. The Bertz CT molecular complexity index is 871. The standard InChI is InChI=1S/C24H29N3O2/c25-22(17-5-2-1-3-6-17)9-11-26-13-18-15-27(16-19(18)14-26)24(28)21-7-4-8-23-20(21)10-12-29-23/h1-8,18-19,22H,9-16,25H2/t18?,19?,22-/m0/s1. The zero-order valence-electron chi connectivity index (χ0n) is 16.8. The van der Waals surface area contributed by atoms with Crippen LogP contribution in [-0.2, 0) is 6.42 Å². The lowest BCUT2D eigenvalue weighted by Gasteiger charge is -2.23. The van der Waals surface area contributed by atoms with Gasteiger partial charge in [0.1, 0.15) is 5.75 Å². The second kappa shape index (κ2) is 7.81. The smallest absolute Gasteiger partial charge is 0.254 e. The molecule has 3 aliphatic rings. The van der Waals surface area contributed by atoms with Crippen LogP contribution in [0.3, 0.4) is 0 Å². The molecule has 2 unspecified atom stereocenters. The molecule has 0 aromatic heterocycles. The molecule has 1 amide bonds. The molecular formula is C24H29N3O2. The molecule has 2 saturated heterocycles. The fourth-order valence-electron chi connectivity index (χ4n) is 5.22. The number of amides is 1. The summed E-state index contributed by atoms with van der Waals surface area (Å²) in [6.45, 7) is 5.61. The summed E-state index contributed by atoms with van der Waals surface area (Å²) in [7, 11) is 0. The second-order valence-corrected chi connectivity index (χ2v) is 8.68. The number of fused-ring (bicyclic) bond motifs is 2. The second-order valence-electron chi connectivity index (χ2n) is 8.68. The van der Waals surface area contributed by atoms with Crippen LogP contribution in [0, 0.1) is 11.8 Å². The van der Waals surface area contributed by atoms with Crippen molar-refractivity contribution in [3.8, 4) is 5.75 Å². The van der Waals surface area contributed by atoms with Gasteiger partial charge in [-0.3, -0.25) is 4.79 Å². The molecule has 152 valence electrons. The Labute approximate surface area is 172 Å². The summed E-state index contributed by atoms with van der Waals surface area (Å²) in [5.41, 5.74) is 9.51. The van der Waals surface area contributed by atoms with Crippen LogP contribution in [0.1, 0.15) is 33.9 Å². The number of carbonyl (C=O) groups is 1. The predicted octanol–water partition coefficient (Wildman–Crippen LogP) is 2.72. The van der Waals surface area contributed by atoms with Crippen LogP contribution in [0.5, 0.6) is 5.75 Å². The van der Waals surface area contributed by atoms with E-state index in [1.54, 1.807) is 0 Å². The molecule has 2 aromatic rings. The maximum absolute atomic E-state index is 13.1. The lowest BCUT2D eigenvalue weighted by Crippen LogP contribution is -2.34. The van der Waals surface area contributed by atoms with Crippen LogP contribution in [0.2, 0.25) is 0 Å². The van der Waals surface area contributed by atoms with E-state index in [4.69, 9.17) is 10.5 Å². The minimum atomic E-state index is 0.0945. The minimum Gasteiger partial charge on any atom is -0.493 e. The molecule has 3 aliphatic heterocycles. The number of nitrogens with two attached hydrogens (primary N) is 1. The van der Waals surface area contributed by atoms with Gasteiger partial charge >= 0.3 is 0 Å². The van der Waals surface area contributed by atoms with Crippen molar-refractivity contribution in [1.29, 1.82) is 0 Å². The van der Waals surface area contributed by atoms with Crippen LogP contribution < -0.4 is 10.5 Å². The molecule has 5 heteroatoms. The number of hydrogen-bond acceptors (Lipinski definition) is 4. The van der Waals surface area contributed by atoms with E-state index in [0.29, 0.717) is 18.4 Å². The quantitative estimate of drug-likeness (QED) is 0.851. The lowest BCUT2D eigenvalue weighted by molar-refractivity contribution is 0.0773. The lowest BCUT2D eigenvalue weighted by atomic mass is 10.0. The van der Waals surface area contributed by atoms with Crippen LogP contribution in [-0.4, -0.2) is 55.0 Å². The number of ether oxygens (including phenoxy) is 1. The normalized spacial score (nSPS) is 24.2. The predicted molar refractivity (Wildman–Crippen MR) is 113 cm³/mol. The van der Waals surface area contributed by atoms with Gasteiger partial charge in [0.25, 0.3) is 5.91 Å². The van der Waals surface area contributed by atoms with Gasteiger partial charge in [-0.2, -0.15) is 0 Å². The molecule has 2 N–H and O–H groups in total. The van der Waals surface area contributed by atoms with Crippen molar-refractivity contribution in [2.45, 2.75) is 18.9 Å². The van der Waals surface area contributed by atoms with E-state index < -0.39 is 0 Å². The van der Waals surface area contributed by atoms with Crippen LogP contribution >= 0.6 is 0 Å². The first kappa shape index (κ1) is 18.6. The van der Waals surface area contributed by atoms with Gasteiger partial charge in [0.15, 0.2) is 0 Å². The average Bonchev–Trinajstić information content (AvgIpc) is 3.46. The van der Waals surface area contributed by atoms with Crippen molar-refractivity contribution in [3.05, 3.63) is 65.2 Å². The molecule has 5 rings (SSSR count). The summed E-state index contributed by atoms with van der Waals surface area (Å²) in [4.78, 5) is 17.7. The Balaban J connectivity index is 1.15. The Hall–Kier alpha value is -2.37. The van der Waals surface area contributed by atoms with Crippen LogP contribution in [0.15, 0.2) is 48.5 Å². The van der Waals surface area contributed by atoms with E-state index >= 15 is 0 Å². The zero-order valence-corrected chi connectivity index (χ0v) is 16.8. The van der Waals surface area contributed by atoms with E-state index in [2.05, 4.69) is 34.1 Å². The molecule has 0 aliphatic carbocycles. The van der Waals surface area contributed by atoms with E-state index in [-0.39, 0.29) is 11.9 Å². The number of likely N-dealkylation sites (tertiary alicyclic amines) is 2. The summed E-state index contributed by atoms with van der Waals surface area (Å²) >= 11 is 0.